The largest absolute Gasteiger partial charge is 0.487 e. The molecule has 0 unspecified atom stereocenters. The van der Waals surface area contributed by atoms with Crippen LogP contribution in [0.15, 0.2) is 22.7 Å². The highest BCUT2D eigenvalue weighted by atomic mass is 79.9. The van der Waals surface area contributed by atoms with Crippen molar-refractivity contribution in [3.63, 3.8) is 0 Å². The third-order valence-corrected chi connectivity index (χ3v) is 3.32. The smallest absolute Gasteiger partial charge is 0.191 e. The van der Waals surface area contributed by atoms with Crippen molar-refractivity contribution >= 4 is 15.9 Å². The third kappa shape index (κ3) is 5.51. The van der Waals surface area contributed by atoms with E-state index in [4.69, 9.17) is 14.2 Å². The first-order valence-corrected chi connectivity index (χ1v) is 7.53. The van der Waals surface area contributed by atoms with Crippen LogP contribution in [0.4, 0.5) is 0 Å². The van der Waals surface area contributed by atoms with Gasteiger partial charge in [-0.1, -0.05) is 19.9 Å². The molecule has 0 aliphatic carbocycles. The SMILES string of the molecule is CCOC(COc1ccc(C(C)C)cc1Br)OCC. The van der Waals surface area contributed by atoms with Gasteiger partial charge in [0, 0.05) is 13.2 Å². The highest BCUT2D eigenvalue weighted by Crippen LogP contribution is 2.29. The molecule has 0 saturated carbocycles. The van der Waals surface area contributed by atoms with E-state index in [9.17, 15) is 0 Å². The number of hydrogen-bond donors (Lipinski definition) is 0. The van der Waals surface area contributed by atoms with Gasteiger partial charge in [-0.3, -0.25) is 0 Å². The van der Waals surface area contributed by atoms with Gasteiger partial charge in [0.15, 0.2) is 6.29 Å². The molecule has 0 bridgehead atoms. The molecular formula is C15H23BrO3. The molecule has 0 atom stereocenters. The van der Waals surface area contributed by atoms with Gasteiger partial charge in [0.25, 0.3) is 0 Å². The summed E-state index contributed by atoms with van der Waals surface area (Å²) in [6.07, 6.45) is -0.313. The summed E-state index contributed by atoms with van der Waals surface area (Å²) < 4.78 is 17.6. The molecule has 0 aliphatic heterocycles. The Hall–Kier alpha value is -0.580. The molecule has 0 fully saturated rings. The zero-order valence-corrected chi connectivity index (χ0v) is 13.7. The zero-order valence-electron chi connectivity index (χ0n) is 12.1. The first-order valence-electron chi connectivity index (χ1n) is 6.73. The molecule has 0 radical (unpaired) electrons. The Balaban J connectivity index is 2.61. The van der Waals surface area contributed by atoms with E-state index in [1.54, 1.807) is 0 Å². The molecule has 0 amide bonds. The lowest BCUT2D eigenvalue weighted by Crippen LogP contribution is -2.25. The molecule has 0 N–H and O–H groups in total. The topological polar surface area (TPSA) is 27.7 Å². The van der Waals surface area contributed by atoms with Crippen molar-refractivity contribution < 1.29 is 14.2 Å². The van der Waals surface area contributed by atoms with E-state index in [1.807, 2.05) is 19.9 Å². The van der Waals surface area contributed by atoms with Crippen LogP contribution in [0.2, 0.25) is 0 Å². The summed E-state index contributed by atoms with van der Waals surface area (Å²) in [5.41, 5.74) is 1.28. The second-order valence-corrected chi connectivity index (χ2v) is 5.35. The lowest BCUT2D eigenvalue weighted by atomic mass is 10.0. The summed E-state index contributed by atoms with van der Waals surface area (Å²) >= 11 is 3.54. The Morgan fingerprint density at radius 2 is 1.74 bits per heavy atom. The van der Waals surface area contributed by atoms with Gasteiger partial charge in [0.1, 0.15) is 12.4 Å². The maximum Gasteiger partial charge on any atom is 0.191 e. The van der Waals surface area contributed by atoms with E-state index >= 15 is 0 Å². The van der Waals surface area contributed by atoms with Crippen LogP contribution in [-0.4, -0.2) is 26.1 Å². The Morgan fingerprint density at radius 1 is 1.11 bits per heavy atom. The van der Waals surface area contributed by atoms with Crippen LogP contribution in [-0.2, 0) is 9.47 Å². The van der Waals surface area contributed by atoms with Crippen molar-refractivity contribution in [2.45, 2.75) is 39.9 Å². The minimum atomic E-state index is -0.313. The van der Waals surface area contributed by atoms with Gasteiger partial charge in [-0.15, -0.1) is 0 Å². The summed E-state index contributed by atoms with van der Waals surface area (Å²) in [7, 11) is 0. The van der Waals surface area contributed by atoms with Gasteiger partial charge in [0.05, 0.1) is 4.47 Å². The van der Waals surface area contributed by atoms with Crippen LogP contribution in [0.25, 0.3) is 0 Å². The van der Waals surface area contributed by atoms with Crippen LogP contribution in [0.5, 0.6) is 5.75 Å². The summed E-state index contributed by atoms with van der Waals surface area (Å²) in [5, 5.41) is 0. The Kier molecular flexibility index (Phi) is 7.42. The predicted molar refractivity (Wildman–Crippen MR) is 80.8 cm³/mol. The van der Waals surface area contributed by atoms with E-state index in [2.05, 4.69) is 41.9 Å². The fourth-order valence-corrected chi connectivity index (χ4v) is 2.18. The predicted octanol–water partition coefficient (Wildman–Crippen LogP) is 4.35. The van der Waals surface area contributed by atoms with Crippen LogP contribution in [0.1, 0.15) is 39.2 Å². The van der Waals surface area contributed by atoms with E-state index in [-0.39, 0.29) is 6.29 Å². The quantitative estimate of drug-likeness (QED) is 0.663. The molecule has 1 aromatic rings. The van der Waals surface area contributed by atoms with E-state index in [0.29, 0.717) is 25.7 Å². The van der Waals surface area contributed by atoms with Gasteiger partial charge in [-0.05, 0) is 53.4 Å². The molecule has 19 heavy (non-hydrogen) atoms. The van der Waals surface area contributed by atoms with Crippen LogP contribution in [0.3, 0.4) is 0 Å². The highest BCUT2D eigenvalue weighted by molar-refractivity contribution is 9.10. The van der Waals surface area contributed by atoms with Crippen molar-refractivity contribution in [3.8, 4) is 5.75 Å². The standard InChI is InChI=1S/C15H23BrO3/c1-5-17-15(18-6-2)10-19-14-8-7-12(11(3)4)9-13(14)16/h7-9,11,15H,5-6,10H2,1-4H3. The normalized spacial score (nSPS) is 11.3. The average Bonchev–Trinajstić information content (AvgIpc) is 2.37. The highest BCUT2D eigenvalue weighted by Gasteiger charge is 2.11. The minimum Gasteiger partial charge on any atom is -0.487 e. The lowest BCUT2D eigenvalue weighted by molar-refractivity contribution is -0.152. The summed E-state index contributed by atoms with van der Waals surface area (Å²) in [6, 6.07) is 6.16. The van der Waals surface area contributed by atoms with Crippen molar-refractivity contribution in [2.24, 2.45) is 0 Å². The van der Waals surface area contributed by atoms with Crippen molar-refractivity contribution in [3.05, 3.63) is 28.2 Å². The number of hydrogen-bond acceptors (Lipinski definition) is 3. The summed E-state index contributed by atoms with van der Waals surface area (Å²) in [4.78, 5) is 0. The van der Waals surface area contributed by atoms with Crippen LogP contribution in [0, 0.1) is 0 Å². The van der Waals surface area contributed by atoms with E-state index in [0.717, 1.165) is 10.2 Å². The Morgan fingerprint density at radius 3 is 2.21 bits per heavy atom. The molecule has 108 valence electrons. The minimum absolute atomic E-state index is 0.313. The van der Waals surface area contributed by atoms with Gasteiger partial charge >= 0.3 is 0 Å². The first kappa shape index (κ1) is 16.5. The fourth-order valence-electron chi connectivity index (χ4n) is 1.67. The number of benzene rings is 1. The molecule has 1 rings (SSSR count). The summed E-state index contributed by atoms with van der Waals surface area (Å²) in [5.74, 6) is 1.32. The average molecular weight is 331 g/mol. The summed E-state index contributed by atoms with van der Waals surface area (Å²) in [6.45, 7) is 9.84. The third-order valence-electron chi connectivity index (χ3n) is 2.70. The molecule has 0 aromatic heterocycles. The molecule has 0 spiro atoms. The number of rotatable bonds is 8. The zero-order chi connectivity index (χ0) is 14.3. The van der Waals surface area contributed by atoms with Gasteiger partial charge in [-0.2, -0.15) is 0 Å². The second kappa shape index (κ2) is 8.56. The number of halogens is 1. The number of ether oxygens (including phenoxy) is 3. The van der Waals surface area contributed by atoms with Crippen molar-refractivity contribution in [2.75, 3.05) is 19.8 Å². The molecule has 3 nitrogen and oxygen atoms in total. The maximum atomic E-state index is 5.74. The van der Waals surface area contributed by atoms with Crippen LogP contribution >= 0.6 is 15.9 Å². The van der Waals surface area contributed by atoms with Gasteiger partial charge in [-0.25, -0.2) is 0 Å². The Bertz CT molecular complexity index is 374. The second-order valence-electron chi connectivity index (χ2n) is 4.50. The molecule has 1 aromatic carbocycles. The maximum absolute atomic E-state index is 5.74. The molecular weight excluding hydrogens is 308 g/mol. The van der Waals surface area contributed by atoms with Gasteiger partial charge < -0.3 is 14.2 Å². The lowest BCUT2D eigenvalue weighted by Gasteiger charge is -2.18. The molecule has 4 heteroatoms. The monoisotopic (exact) mass is 330 g/mol. The van der Waals surface area contributed by atoms with Crippen molar-refractivity contribution in [1.29, 1.82) is 0 Å². The van der Waals surface area contributed by atoms with E-state index in [1.165, 1.54) is 5.56 Å². The Labute approximate surface area is 124 Å². The fraction of sp³-hybridized carbons (Fsp3) is 0.600. The molecule has 0 heterocycles. The molecule has 0 aliphatic rings. The van der Waals surface area contributed by atoms with Gasteiger partial charge in [0.2, 0.25) is 0 Å². The van der Waals surface area contributed by atoms with Crippen molar-refractivity contribution in [1.82, 2.24) is 0 Å². The van der Waals surface area contributed by atoms with E-state index < -0.39 is 0 Å². The molecule has 0 saturated heterocycles. The first-order chi connectivity index (χ1) is 9.08. The van der Waals surface area contributed by atoms with Crippen LogP contribution < -0.4 is 4.74 Å².